The maximum Gasteiger partial charge on any atom is 0.270 e. The first-order valence-electron chi connectivity index (χ1n) is 7.27. The Morgan fingerprint density at radius 1 is 1.26 bits per heavy atom. The molecule has 0 bridgehead atoms. The molecule has 1 fully saturated rings. The molecular formula is C14H18N4O4S. The zero-order chi connectivity index (χ0) is 16.6. The quantitative estimate of drug-likeness (QED) is 0.891. The van der Waals surface area contributed by atoms with E-state index >= 15 is 0 Å². The molecule has 1 aliphatic heterocycles. The molecule has 0 saturated carbocycles. The average Bonchev–Trinajstić information content (AvgIpc) is 3.17. The number of hydrogen-bond acceptors (Lipinski definition) is 5. The zero-order valence-electron chi connectivity index (χ0n) is 12.9. The fourth-order valence-electron chi connectivity index (χ4n) is 2.74. The maximum absolute atomic E-state index is 12.7. The summed E-state index contributed by atoms with van der Waals surface area (Å²) in [5, 5.41) is 3.70. The number of hydrogen-bond donors (Lipinski definition) is 1. The van der Waals surface area contributed by atoms with Gasteiger partial charge in [-0.05, 0) is 26.0 Å². The third-order valence-corrected chi connectivity index (χ3v) is 6.06. The van der Waals surface area contributed by atoms with E-state index in [0.717, 1.165) is 0 Å². The number of sulfonamides is 1. The Labute approximate surface area is 134 Å². The van der Waals surface area contributed by atoms with Gasteiger partial charge in [-0.1, -0.05) is 5.16 Å². The summed E-state index contributed by atoms with van der Waals surface area (Å²) in [4.78, 5) is 16.9. The number of nitrogens with one attached hydrogen (secondary N) is 1. The minimum absolute atomic E-state index is 0.121. The van der Waals surface area contributed by atoms with Crippen LogP contribution < -0.4 is 0 Å². The smallest absolute Gasteiger partial charge is 0.270 e. The third kappa shape index (κ3) is 2.77. The summed E-state index contributed by atoms with van der Waals surface area (Å²) in [7, 11) is -3.65. The van der Waals surface area contributed by atoms with Crippen LogP contribution in [0.5, 0.6) is 0 Å². The van der Waals surface area contributed by atoms with Crippen molar-refractivity contribution in [2.24, 2.45) is 0 Å². The highest BCUT2D eigenvalue weighted by Gasteiger charge is 2.34. The molecule has 1 amide bonds. The molecule has 1 saturated heterocycles. The predicted octanol–water partition coefficient (Wildman–Crippen LogP) is 0.766. The van der Waals surface area contributed by atoms with Gasteiger partial charge in [0.15, 0.2) is 5.76 Å². The summed E-state index contributed by atoms with van der Waals surface area (Å²) in [6, 6.07) is 3.46. The molecule has 124 valence electrons. The second-order valence-corrected chi connectivity index (χ2v) is 7.31. The average molecular weight is 338 g/mol. The Kier molecular flexibility index (Phi) is 3.99. The molecule has 9 heteroatoms. The van der Waals surface area contributed by atoms with Crippen LogP contribution in [0.25, 0.3) is 0 Å². The summed E-state index contributed by atoms with van der Waals surface area (Å²) < 4.78 is 31.8. The molecule has 0 unspecified atom stereocenters. The first-order chi connectivity index (χ1) is 10.9. The molecular weight excluding hydrogens is 320 g/mol. The van der Waals surface area contributed by atoms with Crippen LogP contribution in [0.1, 0.15) is 21.9 Å². The van der Waals surface area contributed by atoms with E-state index in [1.54, 1.807) is 37.1 Å². The maximum atomic E-state index is 12.7. The summed E-state index contributed by atoms with van der Waals surface area (Å²) >= 11 is 0. The molecule has 2 aromatic heterocycles. The second kappa shape index (κ2) is 5.82. The fourth-order valence-corrected chi connectivity index (χ4v) is 4.45. The van der Waals surface area contributed by atoms with Crippen LogP contribution in [0.15, 0.2) is 27.7 Å². The van der Waals surface area contributed by atoms with E-state index in [-0.39, 0.29) is 29.7 Å². The fraction of sp³-hybridized carbons (Fsp3) is 0.429. The molecule has 8 nitrogen and oxygen atoms in total. The Balaban J connectivity index is 1.73. The molecule has 0 aromatic carbocycles. The lowest BCUT2D eigenvalue weighted by molar-refractivity contribution is 0.0692. The molecule has 0 atom stereocenters. The van der Waals surface area contributed by atoms with E-state index in [9.17, 15) is 13.2 Å². The molecule has 3 heterocycles. The number of aromatic nitrogens is 2. The molecule has 3 rings (SSSR count). The van der Waals surface area contributed by atoms with Crippen molar-refractivity contribution in [2.45, 2.75) is 18.7 Å². The van der Waals surface area contributed by atoms with E-state index in [1.165, 1.54) is 4.31 Å². The molecule has 2 aromatic rings. The van der Waals surface area contributed by atoms with Crippen molar-refractivity contribution >= 4 is 15.9 Å². The molecule has 0 spiro atoms. The highest BCUT2D eigenvalue weighted by atomic mass is 32.2. The molecule has 1 N–H and O–H groups in total. The summed E-state index contributed by atoms with van der Waals surface area (Å²) in [6.07, 6.45) is 1.69. The van der Waals surface area contributed by atoms with Gasteiger partial charge in [-0.15, -0.1) is 0 Å². The van der Waals surface area contributed by atoms with Crippen molar-refractivity contribution in [1.29, 1.82) is 0 Å². The van der Waals surface area contributed by atoms with Crippen molar-refractivity contribution in [3.63, 3.8) is 0 Å². The minimum Gasteiger partial charge on any atom is -0.360 e. The van der Waals surface area contributed by atoms with Gasteiger partial charge in [0.2, 0.25) is 10.0 Å². The minimum atomic E-state index is -3.65. The van der Waals surface area contributed by atoms with Crippen LogP contribution >= 0.6 is 0 Å². The van der Waals surface area contributed by atoms with Crippen LogP contribution in [0.3, 0.4) is 0 Å². The standard InChI is InChI=1S/C14H18N4O4S/c1-10-13(11(2)22-16-10)23(20,21)18-8-6-17(7-9-18)14(19)12-4-3-5-15-12/h3-5,15H,6-9H2,1-2H3. The van der Waals surface area contributed by atoms with Crippen LogP contribution in [0.4, 0.5) is 0 Å². The van der Waals surface area contributed by atoms with Gasteiger partial charge >= 0.3 is 0 Å². The van der Waals surface area contributed by atoms with Crippen molar-refractivity contribution < 1.29 is 17.7 Å². The monoisotopic (exact) mass is 338 g/mol. The number of rotatable bonds is 3. The summed E-state index contributed by atoms with van der Waals surface area (Å²) in [6.45, 7) is 4.38. The first kappa shape index (κ1) is 15.8. The Morgan fingerprint density at radius 3 is 2.48 bits per heavy atom. The Bertz CT molecular complexity index is 782. The van der Waals surface area contributed by atoms with Crippen molar-refractivity contribution in [3.05, 3.63) is 35.5 Å². The SMILES string of the molecule is Cc1noc(C)c1S(=O)(=O)N1CCN(C(=O)c2ccc[nH]2)CC1. The topological polar surface area (TPSA) is 99.5 Å². The highest BCUT2D eigenvalue weighted by molar-refractivity contribution is 7.89. The number of H-pyrrole nitrogens is 1. The predicted molar refractivity (Wildman–Crippen MR) is 81.4 cm³/mol. The van der Waals surface area contributed by atoms with Gasteiger partial charge in [0.1, 0.15) is 16.3 Å². The van der Waals surface area contributed by atoms with Gasteiger partial charge < -0.3 is 14.4 Å². The number of aryl methyl sites for hydroxylation is 2. The van der Waals surface area contributed by atoms with Gasteiger partial charge in [0, 0.05) is 32.4 Å². The van der Waals surface area contributed by atoms with E-state index in [1.807, 2.05) is 0 Å². The normalized spacial score (nSPS) is 16.7. The van der Waals surface area contributed by atoms with Crippen LogP contribution in [0.2, 0.25) is 0 Å². The van der Waals surface area contributed by atoms with E-state index in [4.69, 9.17) is 4.52 Å². The number of aromatic amines is 1. The van der Waals surface area contributed by atoms with Gasteiger partial charge in [-0.3, -0.25) is 4.79 Å². The lowest BCUT2D eigenvalue weighted by Crippen LogP contribution is -2.50. The van der Waals surface area contributed by atoms with Crippen LogP contribution in [-0.4, -0.2) is 59.8 Å². The number of amides is 1. The van der Waals surface area contributed by atoms with E-state index in [0.29, 0.717) is 24.5 Å². The molecule has 1 aliphatic rings. The molecule has 0 aliphatic carbocycles. The lowest BCUT2D eigenvalue weighted by atomic mass is 10.3. The van der Waals surface area contributed by atoms with Gasteiger partial charge in [-0.25, -0.2) is 8.42 Å². The van der Waals surface area contributed by atoms with Crippen molar-refractivity contribution in [3.8, 4) is 0 Å². The van der Waals surface area contributed by atoms with Gasteiger partial charge in [0.05, 0.1) is 0 Å². The largest absolute Gasteiger partial charge is 0.360 e. The number of piperazine rings is 1. The van der Waals surface area contributed by atoms with Crippen molar-refractivity contribution in [1.82, 2.24) is 19.3 Å². The summed E-state index contributed by atoms with van der Waals surface area (Å²) in [5.74, 6) is 0.164. The highest BCUT2D eigenvalue weighted by Crippen LogP contribution is 2.24. The number of carbonyl (C=O) groups excluding carboxylic acids is 1. The van der Waals surface area contributed by atoms with Crippen LogP contribution in [0, 0.1) is 13.8 Å². The Morgan fingerprint density at radius 2 is 1.96 bits per heavy atom. The van der Waals surface area contributed by atoms with E-state index in [2.05, 4.69) is 10.1 Å². The zero-order valence-corrected chi connectivity index (χ0v) is 13.8. The number of nitrogens with zero attached hydrogens (tertiary/aromatic N) is 3. The summed E-state index contributed by atoms with van der Waals surface area (Å²) in [5.41, 5.74) is 0.861. The molecule has 0 radical (unpaired) electrons. The first-order valence-corrected chi connectivity index (χ1v) is 8.71. The second-order valence-electron chi connectivity index (χ2n) is 5.43. The van der Waals surface area contributed by atoms with E-state index < -0.39 is 10.0 Å². The van der Waals surface area contributed by atoms with Crippen molar-refractivity contribution in [2.75, 3.05) is 26.2 Å². The van der Waals surface area contributed by atoms with Crippen LogP contribution in [-0.2, 0) is 10.0 Å². The third-order valence-electron chi connectivity index (χ3n) is 3.92. The molecule has 23 heavy (non-hydrogen) atoms. The Hall–Kier alpha value is -2.13. The lowest BCUT2D eigenvalue weighted by Gasteiger charge is -2.33. The number of carbonyl (C=O) groups is 1. The van der Waals surface area contributed by atoms with Gasteiger partial charge in [0.25, 0.3) is 5.91 Å². The van der Waals surface area contributed by atoms with Gasteiger partial charge in [-0.2, -0.15) is 4.31 Å².